The summed E-state index contributed by atoms with van der Waals surface area (Å²) in [6.45, 7) is 10.3. The molecule has 0 aromatic heterocycles. The van der Waals surface area contributed by atoms with Gasteiger partial charge in [0, 0.05) is 76.2 Å². The molecule has 1 N–H and O–H groups in total. The summed E-state index contributed by atoms with van der Waals surface area (Å²) < 4.78 is 0. The third-order valence-corrected chi connectivity index (χ3v) is 6.01. The first kappa shape index (κ1) is 20.2. The van der Waals surface area contributed by atoms with Gasteiger partial charge in [0.1, 0.15) is 0 Å². The van der Waals surface area contributed by atoms with Crippen LogP contribution in [0.25, 0.3) is 0 Å². The number of guanidine groups is 1. The Morgan fingerprint density at radius 2 is 1.89 bits per heavy atom. The lowest BCUT2D eigenvalue weighted by Crippen LogP contribution is -2.57. The zero-order chi connectivity index (χ0) is 19.4. The molecule has 2 heterocycles. The highest BCUT2D eigenvalue weighted by molar-refractivity contribution is 6.30. The second-order valence-electron chi connectivity index (χ2n) is 7.73. The number of anilines is 1. The van der Waals surface area contributed by atoms with Crippen LogP contribution in [0.1, 0.15) is 5.56 Å². The summed E-state index contributed by atoms with van der Waals surface area (Å²) in [4.78, 5) is 14.2. The molecule has 0 spiro atoms. The zero-order valence-electron chi connectivity index (χ0n) is 17.1. The van der Waals surface area contributed by atoms with Gasteiger partial charge in [0.2, 0.25) is 0 Å². The first-order valence-corrected chi connectivity index (χ1v) is 10.2. The summed E-state index contributed by atoms with van der Waals surface area (Å²) in [5.74, 6) is 1.01. The molecule has 27 heavy (non-hydrogen) atoms. The standard InChI is InChI=1S/C20H33ClN6/c1-16-5-6-17(21)13-19(16)26-9-11-27(12-10-26)20(22-2)23-14-18-15-24(3)7-8-25(18)4/h5-6,13,18H,7-12,14-15H2,1-4H3,(H,22,23). The third kappa shape index (κ3) is 5.06. The minimum atomic E-state index is 0.524. The van der Waals surface area contributed by atoms with Gasteiger partial charge in [0.25, 0.3) is 0 Å². The van der Waals surface area contributed by atoms with Crippen molar-refractivity contribution >= 4 is 23.2 Å². The third-order valence-electron chi connectivity index (χ3n) is 5.78. The highest BCUT2D eigenvalue weighted by Gasteiger charge is 2.24. The molecular weight excluding hydrogens is 360 g/mol. The van der Waals surface area contributed by atoms with Gasteiger partial charge < -0.3 is 20.0 Å². The topological polar surface area (TPSA) is 37.4 Å². The van der Waals surface area contributed by atoms with Gasteiger partial charge in [0.15, 0.2) is 5.96 Å². The summed E-state index contributed by atoms with van der Waals surface area (Å²) in [5, 5.41) is 4.41. The van der Waals surface area contributed by atoms with Gasteiger partial charge in [-0.3, -0.25) is 9.89 Å². The molecule has 0 saturated carbocycles. The molecule has 2 aliphatic heterocycles. The first-order chi connectivity index (χ1) is 13.0. The molecule has 7 heteroatoms. The molecule has 2 saturated heterocycles. The predicted octanol–water partition coefficient (Wildman–Crippen LogP) is 1.59. The number of likely N-dealkylation sites (N-methyl/N-ethyl adjacent to an activating group) is 2. The van der Waals surface area contributed by atoms with Gasteiger partial charge in [-0.15, -0.1) is 0 Å². The van der Waals surface area contributed by atoms with Crippen molar-refractivity contribution in [1.29, 1.82) is 0 Å². The molecule has 6 nitrogen and oxygen atoms in total. The Morgan fingerprint density at radius 3 is 2.59 bits per heavy atom. The number of aryl methyl sites for hydroxylation is 1. The maximum atomic E-state index is 6.20. The van der Waals surface area contributed by atoms with Gasteiger partial charge >= 0.3 is 0 Å². The average molecular weight is 393 g/mol. The number of nitrogens with one attached hydrogen (secondary N) is 1. The molecule has 2 fully saturated rings. The van der Waals surface area contributed by atoms with Gasteiger partial charge in [-0.25, -0.2) is 0 Å². The molecule has 0 amide bonds. The van der Waals surface area contributed by atoms with Crippen molar-refractivity contribution in [3.8, 4) is 0 Å². The Hall–Kier alpha value is -1.50. The smallest absolute Gasteiger partial charge is 0.193 e. The molecule has 0 bridgehead atoms. The number of rotatable bonds is 3. The fourth-order valence-electron chi connectivity index (χ4n) is 3.95. The van der Waals surface area contributed by atoms with Crippen LogP contribution in [0.15, 0.2) is 23.2 Å². The fraction of sp³-hybridized carbons (Fsp3) is 0.650. The minimum absolute atomic E-state index is 0.524. The molecule has 3 rings (SSSR count). The van der Waals surface area contributed by atoms with E-state index in [1.807, 2.05) is 13.1 Å². The Labute approximate surface area is 168 Å². The first-order valence-electron chi connectivity index (χ1n) is 9.83. The lowest BCUT2D eigenvalue weighted by atomic mass is 10.1. The highest BCUT2D eigenvalue weighted by Crippen LogP contribution is 2.25. The van der Waals surface area contributed by atoms with E-state index in [1.165, 1.54) is 11.3 Å². The van der Waals surface area contributed by atoms with E-state index in [-0.39, 0.29) is 0 Å². The second-order valence-corrected chi connectivity index (χ2v) is 8.17. The van der Waals surface area contributed by atoms with Crippen LogP contribution in [0.4, 0.5) is 5.69 Å². The molecular formula is C20H33ClN6. The van der Waals surface area contributed by atoms with E-state index < -0.39 is 0 Å². The Bertz CT molecular complexity index is 656. The second kappa shape index (κ2) is 9.13. The van der Waals surface area contributed by atoms with Crippen molar-refractivity contribution in [1.82, 2.24) is 20.0 Å². The summed E-state index contributed by atoms with van der Waals surface area (Å²) in [7, 11) is 6.30. The number of benzene rings is 1. The van der Waals surface area contributed by atoms with Crippen LogP contribution in [-0.2, 0) is 0 Å². The molecule has 1 unspecified atom stereocenters. The van der Waals surface area contributed by atoms with Crippen LogP contribution in [0.2, 0.25) is 5.02 Å². The van der Waals surface area contributed by atoms with Gasteiger partial charge in [0.05, 0.1) is 0 Å². The van der Waals surface area contributed by atoms with Gasteiger partial charge in [-0.1, -0.05) is 17.7 Å². The summed E-state index contributed by atoms with van der Waals surface area (Å²) in [5.41, 5.74) is 2.52. The summed E-state index contributed by atoms with van der Waals surface area (Å²) >= 11 is 6.20. The van der Waals surface area contributed by atoms with Crippen LogP contribution in [0.3, 0.4) is 0 Å². The Balaban J connectivity index is 1.53. The van der Waals surface area contributed by atoms with Crippen molar-refractivity contribution in [2.24, 2.45) is 4.99 Å². The van der Waals surface area contributed by atoms with E-state index in [4.69, 9.17) is 11.6 Å². The average Bonchev–Trinajstić information content (AvgIpc) is 2.67. The zero-order valence-corrected chi connectivity index (χ0v) is 17.8. The number of nitrogens with zero attached hydrogens (tertiary/aromatic N) is 5. The van der Waals surface area contributed by atoms with Crippen LogP contribution in [0, 0.1) is 6.92 Å². The predicted molar refractivity (Wildman–Crippen MR) is 115 cm³/mol. The monoisotopic (exact) mass is 392 g/mol. The van der Waals surface area contributed by atoms with Crippen molar-refractivity contribution in [3.05, 3.63) is 28.8 Å². The highest BCUT2D eigenvalue weighted by atomic mass is 35.5. The van der Waals surface area contributed by atoms with E-state index in [1.54, 1.807) is 0 Å². The number of hydrogen-bond donors (Lipinski definition) is 1. The van der Waals surface area contributed by atoms with Crippen molar-refractivity contribution in [3.63, 3.8) is 0 Å². The fourth-order valence-corrected chi connectivity index (χ4v) is 4.11. The minimum Gasteiger partial charge on any atom is -0.368 e. The van der Waals surface area contributed by atoms with Crippen LogP contribution in [0.5, 0.6) is 0 Å². The number of halogens is 1. The van der Waals surface area contributed by atoms with Crippen molar-refractivity contribution in [2.75, 3.05) is 78.4 Å². The summed E-state index contributed by atoms with van der Waals surface area (Å²) in [6, 6.07) is 6.66. The SMILES string of the molecule is CN=C(NCC1CN(C)CCN1C)N1CCN(c2cc(Cl)ccc2C)CC1. The normalized spacial score (nSPS) is 23.0. The quantitative estimate of drug-likeness (QED) is 0.624. The largest absolute Gasteiger partial charge is 0.368 e. The maximum Gasteiger partial charge on any atom is 0.193 e. The van der Waals surface area contributed by atoms with Crippen molar-refractivity contribution < 1.29 is 0 Å². The van der Waals surface area contributed by atoms with E-state index in [9.17, 15) is 0 Å². The lowest BCUT2D eigenvalue weighted by Gasteiger charge is -2.40. The number of piperazine rings is 2. The van der Waals surface area contributed by atoms with E-state index in [0.717, 1.165) is 63.3 Å². The Kier molecular flexibility index (Phi) is 6.84. The van der Waals surface area contributed by atoms with Gasteiger partial charge in [-0.2, -0.15) is 0 Å². The molecule has 0 aliphatic carbocycles. The van der Waals surface area contributed by atoms with E-state index >= 15 is 0 Å². The van der Waals surface area contributed by atoms with Crippen LogP contribution < -0.4 is 10.2 Å². The molecule has 1 aromatic carbocycles. The van der Waals surface area contributed by atoms with Crippen molar-refractivity contribution in [2.45, 2.75) is 13.0 Å². The van der Waals surface area contributed by atoms with Crippen LogP contribution in [-0.4, -0.2) is 100 Å². The van der Waals surface area contributed by atoms with E-state index in [0.29, 0.717) is 6.04 Å². The molecule has 1 aromatic rings. The molecule has 2 aliphatic rings. The molecule has 1 atom stereocenters. The molecule has 0 radical (unpaired) electrons. The number of aliphatic imine (C=N–C) groups is 1. The van der Waals surface area contributed by atoms with E-state index in [2.05, 4.69) is 63.1 Å². The Morgan fingerprint density at radius 1 is 1.15 bits per heavy atom. The van der Waals surface area contributed by atoms with Gasteiger partial charge in [-0.05, 0) is 38.7 Å². The number of hydrogen-bond acceptors (Lipinski definition) is 4. The summed E-state index contributed by atoms with van der Waals surface area (Å²) in [6.07, 6.45) is 0. The van der Waals surface area contributed by atoms with Crippen LogP contribution >= 0.6 is 11.6 Å². The molecule has 150 valence electrons. The maximum absolute atomic E-state index is 6.20. The lowest BCUT2D eigenvalue weighted by molar-refractivity contribution is 0.116.